The maximum absolute atomic E-state index is 13.3. The van der Waals surface area contributed by atoms with Gasteiger partial charge in [-0.15, -0.1) is 0 Å². The highest BCUT2D eigenvalue weighted by molar-refractivity contribution is 7.92. The standard InChI is InChI=1S/C24H26N2O5S/c1-18(19-9-13-21(30-2)14-10-19)25-24(27)17-26(20-11-15-22(31-3)16-12-20)32(28,29)23-7-5-4-6-8-23/h4-16,18H,17H2,1-3H3,(H,25,27). The first kappa shape index (κ1) is 23.1. The molecular formula is C24H26N2O5S. The Balaban J connectivity index is 1.85. The summed E-state index contributed by atoms with van der Waals surface area (Å²) in [5, 5.41) is 2.87. The zero-order chi connectivity index (χ0) is 23.1. The van der Waals surface area contributed by atoms with Gasteiger partial charge in [-0.1, -0.05) is 30.3 Å². The van der Waals surface area contributed by atoms with Gasteiger partial charge in [0.1, 0.15) is 18.0 Å². The normalized spacial score (nSPS) is 12.0. The highest BCUT2D eigenvalue weighted by Crippen LogP contribution is 2.26. The maximum Gasteiger partial charge on any atom is 0.264 e. The van der Waals surface area contributed by atoms with Crippen molar-refractivity contribution in [3.63, 3.8) is 0 Å². The summed E-state index contributed by atoms with van der Waals surface area (Å²) in [5.41, 5.74) is 1.24. The monoisotopic (exact) mass is 454 g/mol. The Bertz CT molecular complexity index is 1130. The van der Waals surface area contributed by atoms with Crippen LogP contribution in [0, 0.1) is 0 Å². The third kappa shape index (κ3) is 5.39. The second-order valence-electron chi connectivity index (χ2n) is 7.09. The molecule has 1 N–H and O–H groups in total. The highest BCUT2D eigenvalue weighted by atomic mass is 32.2. The molecule has 0 bridgehead atoms. The van der Waals surface area contributed by atoms with Gasteiger partial charge in [0.25, 0.3) is 10.0 Å². The molecule has 1 atom stereocenters. The topological polar surface area (TPSA) is 84.9 Å². The van der Waals surface area contributed by atoms with E-state index < -0.39 is 15.9 Å². The van der Waals surface area contributed by atoms with Crippen LogP contribution in [0.1, 0.15) is 18.5 Å². The Kier molecular flexibility index (Phi) is 7.37. The number of anilines is 1. The predicted molar refractivity (Wildman–Crippen MR) is 124 cm³/mol. The molecule has 32 heavy (non-hydrogen) atoms. The lowest BCUT2D eigenvalue weighted by atomic mass is 10.1. The fraction of sp³-hybridized carbons (Fsp3) is 0.208. The van der Waals surface area contributed by atoms with Crippen LogP contribution in [-0.2, 0) is 14.8 Å². The minimum Gasteiger partial charge on any atom is -0.497 e. The quantitative estimate of drug-likeness (QED) is 0.532. The SMILES string of the molecule is COc1ccc(C(C)NC(=O)CN(c2ccc(OC)cc2)S(=O)(=O)c2ccccc2)cc1. The Hall–Kier alpha value is -3.52. The molecule has 8 heteroatoms. The van der Waals surface area contributed by atoms with Gasteiger partial charge in [-0.05, 0) is 61.0 Å². The number of rotatable bonds is 9. The summed E-state index contributed by atoms with van der Waals surface area (Å²) in [6.45, 7) is 1.47. The Morgan fingerprint density at radius 2 is 1.41 bits per heavy atom. The van der Waals surface area contributed by atoms with Crippen molar-refractivity contribution >= 4 is 21.6 Å². The molecule has 0 radical (unpaired) electrons. The van der Waals surface area contributed by atoms with Crippen LogP contribution in [0.4, 0.5) is 5.69 Å². The molecule has 0 saturated heterocycles. The van der Waals surface area contributed by atoms with Crippen LogP contribution in [0.25, 0.3) is 0 Å². The van der Waals surface area contributed by atoms with Crippen molar-refractivity contribution in [1.82, 2.24) is 5.32 Å². The molecule has 3 aromatic rings. The molecule has 0 spiro atoms. The lowest BCUT2D eigenvalue weighted by Gasteiger charge is -2.25. The number of sulfonamides is 1. The van der Waals surface area contributed by atoms with Crippen LogP contribution >= 0.6 is 0 Å². The van der Waals surface area contributed by atoms with E-state index in [2.05, 4.69) is 5.32 Å². The molecule has 0 saturated carbocycles. The third-order valence-corrected chi connectivity index (χ3v) is 6.76. The molecule has 0 aliphatic carbocycles. The number of amides is 1. The van der Waals surface area contributed by atoms with E-state index in [0.717, 1.165) is 9.87 Å². The van der Waals surface area contributed by atoms with E-state index in [9.17, 15) is 13.2 Å². The minimum atomic E-state index is -3.96. The molecule has 7 nitrogen and oxygen atoms in total. The van der Waals surface area contributed by atoms with Gasteiger partial charge >= 0.3 is 0 Å². The van der Waals surface area contributed by atoms with Crippen molar-refractivity contribution in [3.05, 3.63) is 84.4 Å². The van der Waals surface area contributed by atoms with E-state index in [1.54, 1.807) is 49.6 Å². The van der Waals surface area contributed by atoms with Crippen molar-refractivity contribution in [1.29, 1.82) is 0 Å². The van der Waals surface area contributed by atoms with Crippen LogP contribution in [0.5, 0.6) is 11.5 Å². The van der Waals surface area contributed by atoms with E-state index in [-0.39, 0.29) is 17.5 Å². The van der Waals surface area contributed by atoms with Crippen LogP contribution in [0.2, 0.25) is 0 Å². The van der Waals surface area contributed by atoms with Gasteiger partial charge in [-0.2, -0.15) is 0 Å². The summed E-state index contributed by atoms with van der Waals surface area (Å²) in [6.07, 6.45) is 0. The lowest BCUT2D eigenvalue weighted by molar-refractivity contribution is -0.120. The number of nitrogens with one attached hydrogen (secondary N) is 1. The summed E-state index contributed by atoms with van der Waals surface area (Å²) in [6, 6.07) is 21.6. The third-order valence-electron chi connectivity index (χ3n) is 4.97. The zero-order valence-corrected chi connectivity index (χ0v) is 19.0. The number of methoxy groups -OCH3 is 2. The predicted octanol–water partition coefficient (Wildman–Crippen LogP) is 3.78. The first-order valence-corrected chi connectivity index (χ1v) is 11.4. The number of ether oxygens (including phenoxy) is 2. The summed E-state index contributed by atoms with van der Waals surface area (Å²) < 4.78 is 38.1. The van der Waals surface area contributed by atoms with Crippen LogP contribution in [0.3, 0.4) is 0 Å². The minimum absolute atomic E-state index is 0.104. The highest BCUT2D eigenvalue weighted by Gasteiger charge is 2.27. The maximum atomic E-state index is 13.3. The van der Waals surface area contributed by atoms with Crippen molar-refractivity contribution < 1.29 is 22.7 Å². The number of nitrogens with zero attached hydrogens (tertiary/aromatic N) is 1. The van der Waals surface area contributed by atoms with Crippen molar-refractivity contribution in [2.75, 3.05) is 25.1 Å². The molecule has 1 unspecified atom stereocenters. The van der Waals surface area contributed by atoms with Crippen molar-refractivity contribution in [2.45, 2.75) is 17.9 Å². The summed E-state index contributed by atoms with van der Waals surface area (Å²) in [4.78, 5) is 13.0. The largest absolute Gasteiger partial charge is 0.497 e. The number of hydrogen-bond acceptors (Lipinski definition) is 5. The Labute approximate surface area is 188 Å². The molecule has 0 fully saturated rings. The fourth-order valence-corrected chi connectivity index (χ4v) is 4.62. The van der Waals surface area contributed by atoms with E-state index in [0.29, 0.717) is 17.2 Å². The van der Waals surface area contributed by atoms with Crippen LogP contribution in [0.15, 0.2) is 83.8 Å². The first-order valence-electron chi connectivity index (χ1n) is 10.0. The lowest BCUT2D eigenvalue weighted by Crippen LogP contribution is -2.41. The molecule has 0 aliphatic rings. The smallest absolute Gasteiger partial charge is 0.264 e. The van der Waals surface area contributed by atoms with Gasteiger partial charge in [0.2, 0.25) is 5.91 Å². The van der Waals surface area contributed by atoms with Crippen molar-refractivity contribution in [2.24, 2.45) is 0 Å². The van der Waals surface area contributed by atoms with Gasteiger partial charge in [0.05, 0.1) is 30.8 Å². The van der Waals surface area contributed by atoms with E-state index in [1.807, 2.05) is 31.2 Å². The Morgan fingerprint density at radius 1 is 0.875 bits per heavy atom. The average molecular weight is 455 g/mol. The molecule has 3 aromatic carbocycles. The summed E-state index contributed by atoms with van der Waals surface area (Å²) in [7, 11) is -0.849. The average Bonchev–Trinajstić information content (AvgIpc) is 2.83. The molecular weight excluding hydrogens is 428 g/mol. The van der Waals surface area contributed by atoms with Gasteiger partial charge < -0.3 is 14.8 Å². The van der Waals surface area contributed by atoms with Gasteiger partial charge in [-0.25, -0.2) is 8.42 Å². The summed E-state index contributed by atoms with van der Waals surface area (Å²) >= 11 is 0. The second-order valence-corrected chi connectivity index (χ2v) is 8.95. The first-order chi connectivity index (χ1) is 15.3. The fourth-order valence-electron chi connectivity index (χ4n) is 3.18. The van der Waals surface area contributed by atoms with E-state index in [1.165, 1.54) is 19.2 Å². The van der Waals surface area contributed by atoms with Gasteiger partial charge in [0.15, 0.2) is 0 Å². The molecule has 0 aliphatic heterocycles. The molecule has 3 rings (SSSR count). The number of carbonyl (C=O) groups excluding carboxylic acids is 1. The molecule has 168 valence electrons. The number of hydrogen-bond donors (Lipinski definition) is 1. The van der Waals surface area contributed by atoms with Crippen LogP contribution in [-0.4, -0.2) is 35.1 Å². The Morgan fingerprint density at radius 3 is 1.94 bits per heavy atom. The van der Waals surface area contributed by atoms with Crippen LogP contribution < -0.4 is 19.1 Å². The van der Waals surface area contributed by atoms with Crippen molar-refractivity contribution in [3.8, 4) is 11.5 Å². The molecule has 1 amide bonds. The second kappa shape index (κ2) is 10.2. The van der Waals surface area contributed by atoms with E-state index in [4.69, 9.17) is 9.47 Å². The summed E-state index contributed by atoms with van der Waals surface area (Å²) in [5.74, 6) is 0.874. The molecule has 0 aromatic heterocycles. The zero-order valence-electron chi connectivity index (χ0n) is 18.2. The van der Waals surface area contributed by atoms with E-state index >= 15 is 0 Å². The number of carbonyl (C=O) groups is 1. The van der Waals surface area contributed by atoms with Gasteiger partial charge in [-0.3, -0.25) is 9.10 Å². The van der Waals surface area contributed by atoms with Gasteiger partial charge in [0, 0.05) is 0 Å². The number of benzene rings is 3. The molecule has 0 heterocycles.